The minimum absolute atomic E-state index is 0.00809. The van der Waals surface area contributed by atoms with E-state index in [9.17, 15) is 18.0 Å². The molecule has 1 fully saturated rings. The number of anilines is 1. The highest BCUT2D eigenvalue weighted by Crippen LogP contribution is 2.31. The van der Waals surface area contributed by atoms with Crippen LogP contribution < -0.4 is 9.64 Å². The number of halogens is 3. The summed E-state index contributed by atoms with van der Waals surface area (Å²) in [5, 5.41) is 8.40. The number of aromatic nitrogens is 2. The van der Waals surface area contributed by atoms with Crippen molar-refractivity contribution in [2.45, 2.75) is 6.18 Å². The van der Waals surface area contributed by atoms with Gasteiger partial charge in [0, 0.05) is 26.2 Å². The molecule has 10 heteroatoms. The van der Waals surface area contributed by atoms with Crippen LogP contribution in [0.2, 0.25) is 0 Å². The van der Waals surface area contributed by atoms with Crippen LogP contribution in [0.4, 0.5) is 19.0 Å². The second kappa shape index (κ2) is 8.66. The molecule has 0 bridgehead atoms. The quantitative estimate of drug-likeness (QED) is 0.615. The third-order valence-corrected chi connectivity index (χ3v) is 4.90. The van der Waals surface area contributed by atoms with E-state index in [4.69, 9.17) is 9.15 Å². The van der Waals surface area contributed by atoms with Crippen molar-refractivity contribution >= 4 is 11.7 Å². The molecule has 1 amide bonds. The molecule has 0 N–H and O–H groups in total. The fourth-order valence-corrected chi connectivity index (χ4v) is 3.23. The summed E-state index contributed by atoms with van der Waals surface area (Å²) in [6.45, 7) is 1.70. The van der Waals surface area contributed by atoms with Crippen molar-refractivity contribution in [3.8, 4) is 17.2 Å². The van der Waals surface area contributed by atoms with Gasteiger partial charge in [-0.05, 0) is 42.5 Å². The zero-order valence-corrected chi connectivity index (χ0v) is 16.4. The van der Waals surface area contributed by atoms with Gasteiger partial charge in [-0.3, -0.25) is 4.79 Å². The average molecular weight is 432 g/mol. The summed E-state index contributed by atoms with van der Waals surface area (Å²) in [6.07, 6.45) is -2.89. The topological polar surface area (TPSA) is 71.7 Å². The first kappa shape index (κ1) is 20.7. The summed E-state index contributed by atoms with van der Waals surface area (Å²) in [5.74, 6) is 1.06. The molecule has 3 aromatic rings. The molecule has 4 rings (SSSR count). The van der Waals surface area contributed by atoms with Crippen LogP contribution in [0.1, 0.15) is 5.56 Å². The van der Waals surface area contributed by atoms with Crippen LogP contribution in [0.5, 0.6) is 5.75 Å². The number of benzene rings is 1. The van der Waals surface area contributed by atoms with Gasteiger partial charge in [-0.1, -0.05) is 6.07 Å². The first-order valence-corrected chi connectivity index (χ1v) is 9.60. The van der Waals surface area contributed by atoms with Gasteiger partial charge in [0.15, 0.2) is 18.2 Å². The Labute approximate surface area is 176 Å². The summed E-state index contributed by atoms with van der Waals surface area (Å²) >= 11 is 0. The van der Waals surface area contributed by atoms with E-state index in [0.717, 1.165) is 12.1 Å². The van der Waals surface area contributed by atoms with Crippen LogP contribution in [0.15, 0.2) is 59.2 Å². The van der Waals surface area contributed by atoms with Gasteiger partial charge < -0.3 is 19.0 Å². The minimum atomic E-state index is -4.46. The van der Waals surface area contributed by atoms with E-state index in [1.807, 2.05) is 17.0 Å². The normalized spacial score (nSPS) is 14.5. The molecular weight excluding hydrogens is 413 g/mol. The molecule has 0 saturated carbocycles. The number of hydrogen-bond donors (Lipinski definition) is 0. The highest BCUT2D eigenvalue weighted by molar-refractivity contribution is 5.78. The number of piperazine rings is 1. The van der Waals surface area contributed by atoms with Gasteiger partial charge in [0.05, 0.1) is 11.8 Å². The lowest BCUT2D eigenvalue weighted by Crippen LogP contribution is -2.50. The molecule has 0 aliphatic carbocycles. The lowest BCUT2D eigenvalue weighted by molar-refractivity contribution is -0.137. The monoisotopic (exact) mass is 432 g/mol. The van der Waals surface area contributed by atoms with Crippen LogP contribution in [-0.2, 0) is 11.0 Å². The van der Waals surface area contributed by atoms with Crippen molar-refractivity contribution < 1.29 is 27.1 Å². The van der Waals surface area contributed by atoms with Crippen molar-refractivity contribution in [2.75, 3.05) is 37.7 Å². The fraction of sp³-hybridized carbons (Fsp3) is 0.286. The molecule has 0 spiro atoms. The van der Waals surface area contributed by atoms with Crippen LogP contribution >= 0.6 is 0 Å². The van der Waals surface area contributed by atoms with E-state index in [2.05, 4.69) is 10.2 Å². The van der Waals surface area contributed by atoms with Crippen molar-refractivity contribution in [1.29, 1.82) is 0 Å². The predicted octanol–water partition coefficient (Wildman–Crippen LogP) is 3.48. The number of ether oxygens (including phenoxy) is 1. The van der Waals surface area contributed by atoms with Crippen LogP contribution in [0.3, 0.4) is 0 Å². The van der Waals surface area contributed by atoms with E-state index in [1.165, 1.54) is 12.1 Å². The summed E-state index contributed by atoms with van der Waals surface area (Å²) in [6, 6.07) is 11.7. The molecule has 1 aliphatic heterocycles. The lowest BCUT2D eigenvalue weighted by Gasteiger charge is -2.35. The number of carbonyl (C=O) groups is 1. The van der Waals surface area contributed by atoms with E-state index in [-0.39, 0.29) is 18.3 Å². The Morgan fingerprint density at radius 2 is 1.84 bits per heavy atom. The minimum Gasteiger partial charge on any atom is -0.484 e. The summed E-state index contributed by atoms with van der Waals surface area (Å²) in [4.78, 5) is 16.0. The van der Waals surface area contributed by atoms with E-state index >= 15 is 0 Å². The Hall–Kier alpha value is -3.56. The molecule has 1 aromatic carbocycles. The second-order valence-electron chi connectivity index (χ2n) is 6.94. The summed E-state index contributed by atoms with van der Waals surface area (Å²) < 4.78 is 48.9. The highest BCUT2D eigenvalue weighted by Gasteiger charge is 2.30. The van der Waals surface area contributed by atoms with Crippen molar-refractivity contribution in [2.24, 2.45) is 0 Å². The third-order valence-electron chi connectivity index (χ3n) is 4.90. The molecule has 3 heterocycles. The first-order valence-electron chi connectivity index (χ1n) is 9.60. The zero-order valence-electron chi connectivity index (χ0n) is 16.4. The molecule has 162 valence electrons. The third kappa shape index (κ3) is 4.96. The smallest absolute Gasteiger partial charge is 0.416 e. The van der Waals surface area contributed by atoms with Crippen LogP contribution in [0, 0.1) is 0 Å². The van der Waals surface area contributed by atoms with E-state index in [1.54, 1.807) is 23.3 Å². The number of alkyl halides is 3. The van der Waals surface area contributed by atoms with Gasteiger partial charge in [0.25, 0.3) is 5.91 Å². The van der Waals surface area contributed by atoms with Gasteiger partial charge in [0.2, 0.25) is 0 Å². The molecule has 0 radical (unpaired) electrons. The maximum Gasteiger partial charge on any atom is 0.416 e. The first-order chi connectivity index (χ1) is 14.9. The largest absolute Gasteiger partial charge is 0.484 e. The highest BCUT2D eigenvalue weighted by atomic mass is 19.4. The second-order valence-corrected chi connectivity index (χ2v) is 6.94. The van der Waals surface area contributed by atoms with Crippen LogP contribution in [0.25, 0.3) is 11.5 Å². The summed E-state index contributed by atoms with van der Waals surface area (Å²) in [7, 11) is 0. The maximum atomic E-state index is 12.8. The number of hydrogen-bond acceptors (Lipinski definition) is 6. The Bertz CT molecular complexity index is 1020. The molecule has 1 saturated heterocycles. The number of carbonyl (C=O) groups excluding carboxylic acids is 1. The molecule has 0 atom stereocenters. The van der Waals surface area contributed by atoms with Gasteiger partial charge >= 0.3 is 6.18 Å². The fourth-order valence-electron chi connectivity index (χ4n) is 3.23. The molecule has 7 nitrogen and oxygen atoms in total. The van der Waals surface area contributed by atoms with Gasteiger partial charge in [-0.2, -0.15) is 13.2 Å². The van der Waals surface area contributed by atoms with Gasteiger partial charge in [-0.15, -0.1) is 10.2 Å². The molecule has 2 aromatic heterocycles. The lowest BCUT2D eigenvalue weighted by atomic mass is 10.2. The maximum absolute atomic E-state index is 12.8. The zero-order chi connectivity index (χ0) is 21.8. The molecular formula is C21H19F3N4O3. The Kier molecular flexibility index (Phi) is 5.79. The van der Waals surface area contributed by atoms with Crippen LogP contribution in [-0.4, -0.2) is 53.8 Å². The Morgan fingerprint density at radius 3 is 2.48 bits per heavy atom. The Morgan fingerprint density at radius 1 is 1.03 bits per heavy atom. The van der Waals surface area contributed by atoms with Gasteiger partial charge in [0.1, 0.15) is 11.4 Å². The SMILES string of the molecule is O=C(COc1cccc(C(F)(F)F)c1)N1CCN(c2ccc(-c3ccco3)nn2)CC1. The van der Waals surface area contributed by atoms with Crippen molar-refractivity contribution in [1.82, 2.24) is 15.1 Å². The number of amides is 1. The number of furan rings is 1. The summed E-state index contributed by atoms with van der Waals surface area (Å²) in [5.41, 5.74) is -0.181. The Balaban J connectivity index is 1.28. The number of nitrogens with zero attached hydrogens (tertiary/aromatic N) is 4. The van der Waals surface area contributed by atoms with Crippen molar-refractivity contribution in [3.05, 3.63) is 60.4 Å². The standard InChI is InChI=1S/C21H19F3N4O3/c22-21(23,24)15-3-1-4-16(13-15)31-14-20(29)28-10-8-27(9-11-28)19-7-6-17(25-26-19)18-5-2-12-30-18/h1-7,12-13H,8-11,14H2. The number of rotatable bonds is 5. The van der Waals surface area contributed by atoms with Crippen molar-refractivity contribution in [3.63, 3.8) is 0 Å². The molecule has 0 unspecified atom stereocenters. The van der Waals surface area contributed by atoms with E-state index in [0.29, 0.717) is 43.5 Å². The predicted molar refractivity (Wildman–Crippen MR) is 105 cm³/mol. The van der Waals surface area contributed by atoms with Gasteiger partial charge in [-0.25, -0.2) is 0 Å². The molecule has 1 aliphatic rings. The molecule has 31 heavy (non-hydrogen) atoms. The van der Waals surface area contributed by atoms with E-state index < -0.39 is 11.7 Å². The average Bonchev–Trinajstić information content (AvgIpc) is 3.32.